The predicted molar refractivity (Wildman–Crippen MR) is 301 cm³/mol. The Morgan fingerprint density at radius 2 is 0.564 bits per heavy atom. The molecule has 78 heavy (non-hydrogen) atoms. The molecular formula is C50H51IN8NiO12S6. The fourth-order valence-electron chi connectivity index (χ4n) is 9.38. The van der Waals surface area contributed by atoms with Crippen molar-refractivity contribution in [1.29, 1.82) is 0 Å². The van der Waals surface area contributed by atoms with Gasteiger partial charge in [-0.25, -0.2) is 60.5 Å². The maximum Gasteiger partial charge on any atom is 2.00 e. The minimum absolute atomic E-state index is 0. The summed E-state index contributed by atoms with van der Waals surface area (Å²) in [6, 6.07) is 12.3. The zero-order chi connectivity index (χ0) is 55.8. The average Bonchev–Trinajstić information content (AvgIpc) is 4.13. The van der Waals surface area contributed by atoms with Gasteiger partial charge in [0.15, 0.2) is 59.0 Å². The van der Waals surface area contributed by atoms with Gasteiger partial charge in [-0.2, -0.15) is 0 Å². The first-order valence-corrected chi connectivity index (χ1v) is 35.7. The molecule has 0 atom stereocenters. The zero-order valence-electron chi connectivity index (χ0n) is 42.8. The molecule has 416 valence electrons. The number of hydrogen-bond donors (Lipinski definition) is 0. The van der Waals surface area contributed by atoms with E-state index in [0.29, 0.717) is 10.8 Å². The molecule has 2 aliphatic rings. The number of sulfone groups is 6. The first kappa shape index (κ1) is 59.3. The summed E-state index contributed by atoms with van der Waals surface area (Å²) in [5.74, 6) is -3.30. The van der Waals surface area contributed by atoms with Crippen molar-refractivity contribution < 1.29 is 67.0 Å². The van der Waals surface area contributed by atoms with Crippen LogP contribution in [-0.4, -0.2) is 115 Å². The summed E-state index contributed by atoms with van der Waals surface area (Å²) in [5, 5.41) is 0.733. The fourth-order valence-corrected chi connectivity index (χ4v) is 20.7. The molecule has 5 heterocycles. The van der Waals surface area contributed by atoms with Crippen LogP contribution in [0.2, 0.25) is 0 Å². The van der Waals surface area contributed by atoms with Crippen LogP contribution in [0.15, 0.2) is 84.0 Å². The van der Waals surface area contributed by atoms with Crippen molar-refractivity contribution in [2.45, 2.75) is 109 Å². The van der Waals surface area contributed by atoms with E-state index in [9.17, 15) is 50.5 Å². The number of halogens is 1. The minimum Gasteiger partial charge on any atom is -0.357 e. The van der Waals surface area contributed by atoms with Gasteiger partial charge in [-0.15, -0.1) is 0 Å². The van der Waals surface area contributed by atoms with Crippen LogP contribution in [0.5, 0.6) is 0 Å². The Bertz CT molecular complexity index is 4550. The van der Waals surface area contributed by atoms with E-state index in [2.05, 4.69) is 22.6 Å². The molecule has 0 unspecified atom stereocenters. The van der Waals surface area contributed by atoms with Gasteiger partial charge in [0.25, 0.3) is 0 Å². The number of aromatic nitrogens is 8. The minimum atomic E-state index is -4.34. The van der Waals surface area contributed by atoms with E-state index < -0.39 is 123 Å². The Labute approximate surface area is 476 Å². The molecule has 2 aliphatic heterocycles. The van der Waals surface area contributed by atoms with Crippen molar-refractivity contribution in [3.63, 3.8) is 0 Å². The topological polar surface area (TPSA) is 310 Å². The van der Waals surface area contributed by atoms with Crippen molar-refractivity contribution >= 4 is 126 Å². The van der Waals surface area contributed by atoms with Gasteiger partial charge in [0.1, 0.15) is 0 Å². The normalized spacial score (nSPS) is 13.2. The smallest absolute Gasteiger partial charge is 0.357 e. The summed E-state index contributed by atoms with van der Waals surface area (Å²) in [4.78, 5) is 35.6. The molecule has 7 aromatic rings. The maximum atomic E-state index is 14.2. The Morgan fingerprint density at radius 1 is 0.333 bits per heavy atom. The van der Waals surface area contributed by atoms with Gasteiger partial charge < -0.3 is 29.9 Å². The van der Waals surface area contributed by atoms with Crippen molar-refractivity contribution in [3.05, 3.63) is 58.2 Å². The van der Waals surface area contributed by atoms with E-state index in [-0.39, 0.29) is 134 Å². The Kier molecular flexibility index (Phi) is 16.7. The third-order valence-corrected chi connectivity index (χ3v) is 25.5. The standard InChI is InChI=1S/C50H51IN8O12S6.Ni/c1-7-15-72(60,61)37-22-31-32(23-38(37)73(62,63)16-8-2)47-55-45(31)53-43-29-14-13-28(51)21-30(29)44(52-43)54-46-33-24-39(74(64,65)17-9-3)40(75(66,67)18-10-4)25-34(33)48(56-46)58-50-36-27-42(77(70,71)20-12-6)41(76(68,69)19-11-5)26-35(36)49(57-47)59-50;/h13-14,21-27H,7-12,15-20H2,1-6H3;/q-2;+2. The second kappa shape index (κ2) is 21.9. The predicted octanol–water partition coefficient (Wildman–Crippen LogP) is 7.83. The van der Waals surface area contributed by atoms with Gasteiger partial charge >= 0.3 is 16.5 Å². The molecule has 0 N–H and O–H groups in total. The van der Waals surface area contributed by atoms with Gasteiger partial charge in [0, 0.05) is 48.4 Å². The summed E-state index contributed by atoms with van der Waals surface area (Å²) in [6.07, 6.45) is 0.840. The first-order chi connectivity index (χ1) is 36.2. The zero-order valence-corrected chi connectivity index (χ0v) is 50.8. The molecule has 0 aliphatic carbocycles. The van der Waals surface area contributed by atoms with Crippen LogP contribution >= 0.6 is 22.6 Å². The van der Waals surface area contributed by atoms with Crippen LogP contribution in [0.3, 0.4) is 0 Å². The summed E-state index contributed by atoms with van der Waals surface area (Å²) >= 11 is 2.10. The van der Waals surface area contributed by atoms with Crippen LogP contribution in [0.25, 0.3) is 89.7 Å². The van der Waals surface area contributed by atoms with Crippen LogP contribution in [0.4, 0.5) is 0 Å². The molecule has 4 aromatic carbocycles. The molecule has 0 spiro atoms. The molecule has 28 heteroatoms. The molecule has 9 rings (SSSR count). The summed E-state index contributed by atoms with van der Waals surface area (Å²) < 4.78 is 170. The molecule has 20 nitrogen and oxygen atoms in total. The molecular weight excluding hydrogens is 1280 g/mol. The second-order valence-electron chi connectivity index (χ2n) is 18.6. The van der Waals surface area contributed by atoms with Crippen molar-refractivity contribution in [2.75, 3.05) is 34.5 Å². The molecule has 0 fully saturated rings. The molecule has 0 saturated carbocycles. The van der Waals surface area contributed by atoms with E-state index >= 15 is 0 Å². The number of hydrogen-bond acceptors (Lipinski definition) is 18. The van der Waals surface area contributed by atoms with E-state index in [4.69, 9.17) is 39.9 Å². The third-order valence-electron chi connectivity index (χ3n) is 12.7. The Morgan fingerprint density at radius 3 is 0.821 bits per heavy atom. The Balaban J connectivity index is 0.00000803. The van der Waals surface area contributed by atoms with Gasteiger partial charge in [-0.3, -0.25) is 0 Å². The number of benzene rings is 4. The van der Waals surface area contributed by atoms with E-state index in [1.54, 1.807) is 59.7 Å². The average molecular weight is 1330 g/mol. The van der Waals surface area contributed by atoms with Gasteiger partial charge in [0.05, 0.1) is 87.2 Å². The maximum absolute atomic E-state index is 14.2. The Hall–Kier alpha value is -4.84. The molecule has 8 bridgehead atoms. The van der Waals surface area contributed by atoms with Gasteiger partial charge in [-0.05, 0) is 131 Å². The van der Waals surface area contributed by atoms with Crippen molar-refractivity contribution in [3.8, 4) is 45.6 Å². The van der Waals surface area contributed by atoms with Crippen molar-refractivity contribution in [2.24, 2.45) is 0 Å². The molecule has 0 radical (unpaired) electrons. The SMILES string of the molecule is CCCS(=O)(=O)c1cc2c(cc1S(=O)(=O)CCC)-c1nc-2nc2[n-]c(nc3nc(nc4[n-]c(n1)c1cc(S(=O)(=O)CCC)c(S(=O)(=O)CCC)cc41)-c1cc(S(=O)(=O)CCC)c(S(=O)(=O)CCC)cc1-3)c1cc(I)ccc21.[Ni+2]. The van der Waals surface area contributed by atoms with E-state index in [1.165, 1.54) is 24.3 Å². The van der Waals surface area contributed by atoms with E-state index in [1.807, 2.05) is 0 Å². The number of nitrogens with zero attached hydrogens (tertiary/aromatic N) is 8. The van der Waals surface area contributed by atoms with Crippen molar-refractivity contribution in [1.82, 2.24) is 39.9 Å². The summed E-state index contributed by atoms with van der Waals surface area (Å²) in [6.45, 7) is 9.78. The van der Waals surface area contributed by atoms with E-state index in [0.717, 1.165) is 15.7 Å². The largest absolute Gasteiger partial charge is 2.00 e. The summed E-state index contributed by atoms with van der Waals surface area (Å²) in [7, 11) is -25.8. The second-order valence-corrected chi connectivity index (χ2v) is 32.3. The monoisotopic (exact) mass is 1330 g/mol. The van der Waals surface area contributed by atoms with Gasteiger partial charge in [0.2, 0.25) is 0 Å². The van der Waals surface area contributed by atoms with Crippen LogP contribution in [0, 0.1) is 3.57 Å². The number of fused-ring (bicyclic) bond motifs is 20. The third kappa shape index (κ3) is 10.8. The fraction of sp³-hybridized carbons (Fsp3) is 0.360. The quantitative estimate of drug-likeness (QED) is 0.0583. The molecule has 3 aromatic heterocycles. The summed E-state index contributed by atoms with van der Waals surface area (Å²) in [5.41, 5.74) is -0.460. The number of rotatable bonds is 18. The first-order valence-electron chi connectivity index (χ1n) is 24.7. The van der Waals surface area contributed by atoms with Crippen LogP contribution < -0.4 is 9.97 Å². The molecule has 0 saturated heterocycles. The van der Waals surface area contributed by atoms with Crippen LogP contribution in [-0.2, 0) is 75.5 Å². The van der Waals surface area contributed by atoms with Gasteiger partial charge in [-0.1, -0.05) is 47.6 Å². The van der Waals surface area contributed by atoms with Crippen LogP contribution in [0.1, 0.15) is 80.1 Å². The molecule has 0 amide bonds.